The van der Waals surface area contributed by atoms with E-state index >= 15 is 0 Å². The van der Waals surface area contributed by atoms with Crippen molar-refractivity contribution in [3.8, 4) is 0 Å². The van der Waals surface area contributed by atoms with Crippen molar-refractivity contribution < 1.29 is 13.2 Å². The van der Waals surface area contributed by atoms with Gasteiger partial charge in [0.05, 0.1) is 10.6 Å². The lowest BCUT2D eigenvalue weighted by Gasteiger charge is -2.14. The molecule has 0 saturated carbocycles. The van der Waals surface area contributed by atoms with Crippen LogP contribution in [0.3, 0.4) is 0 Å². The molecule has 0 atom stereocenters. The number of hydrogen-bond donors (Lipinski definition) is 2. The van der Waals surface area contributed by atoms with Crippen molar-refractivity contribution in [1.82, 2.24) is 5.32 Å². The molecule has 122 valence electrons. The zero-order valence-corrected chi connectivity index (χ0v) is 13.9. The molecule has 2 N–H and O–H groups in total. The van der Waals surface area contributed by atoms with Gasteiger partial charge in [0.2, 0.25) is 0 Å². The van der Waals surface area contributed by atoms with Crippen LogP contribution in [0.2, 0.25) is 10.0 Å². The van der Waals surface area contributed by atoms with Crippen molar-refractivity contribution in [3.63, 3.8) is 0 Å². The Morgan fingerprint density at radius 3 is 2.30 bits per heavy atom. The molecule has 8 heteroatoms. The second kappa shape index (κ2) is 7.38. The quantitative estimate of drug-likeness (QED) is 0.689. The highest BCUT2D eigenvalue weighted by atomic mass is 35.5. The largest absolute Gasteiger partial charge is 0.417 e. The van der Waals surface area contributed by atoms with E-state index in [0.717, 1.165) is 11.6 Å². The molecule has 0 bridgehead atoms. The molecule has 2 nitrogen and oxygen atoms in total. The molecule has 0 saturated heterocycles. The van der Waals surface area contributed by atoms with Crippen molar-refractivity contribution in [1.29, 1.82) is 0 Å². The predicted octanol–water partition coefficient (Wildman–Crippen LogP) is 5.50. The second-order valence-electron chi connectivity index (χ2n) is 4.63. The third-order valence-corrected chi connectivity index (χ3v) is 3.72. The van der Waals surface area contributed by atoms with E-state index in [0.29, 0.717) is 11.6 Å². The normalized spacial score (nSPS) is 11.2. The van der Waals surface area contributed by atoms with Gasteiger partial charge in [0.1, 0.15) is 0 Å². The molecule has 0 aromatic heterocycles. The van der Waals surface area contributed by atoms with Gasteiger partial charge < -0.3 is 10.6 Å². The number of benzene rings is 2. The maximum absolute atomic E-state index is 12.8. The Morgan fingerprint density at radius 1 is 1.04 bits per heavy atom. The van der Waals surface area contributed by atoms with E-state index in [1.165, 1.54) is 12.1 Å². The number of thiocarbonyl (C=S) groups is 1. The Bertz CT molecular complexity index is 703. The molecule has 0 fully saturated rings. The maximum atomic E-state index is 12.8. The monoisotopic (exact) mass is 378 g/mol. The molecular formula is C15H11Cl2F3N2S. The summed E-state index contributed by atoms with van der Waals surface area (Å²) in [6.45, 7) is 0.419. The van der Waals surface area contributed by atoms with Gasteiger partial charge in [-0.1, -0.05) is 35.3 Å². The van der Waals surface area contributed by atoms with Crippen LogP contribution >= 0.6 is 35.4 Å². The number of anilines is 1. The summed E-state index contributed by atoms with van der Waals surface area (Å²) in [5.41, 5.74) is 0.227. The number of halogens is 5. The van der Waals surface area contributed by atoms with Crippen LogP contribution in [-0.2, 0) is 12.7 Å². The minimum atomic E-state index is -4.52. The van der Waals surface area contributed by atoms with Crippen LogP contribution in [0.25, 0.3) is 0 Å². The first-order valence-electron chi connectivity index (χ1n) is 6.42. The first kappa shape index (κ1) is 17.8. The van der Waals surface area contributed by atoms with Gasteiger partial charge in [0, 0.05) is 17.3 Å². The van der Waals surface area contributed by atoms with Gasteiger partial charge in [-0.15, -0.1) is 0 Å². The van der Waals surface area contributed by atoms with E-state index in [1.54, 1.807) is 12.1 Å². The van der Waals surface area contributed by atoms with E-state index < -0.39 is 11.7 Å². The molecule has 0 radical (unpaired) electrons. The summed E-state index contributed by atoms with van der Waals surface area (Å²) in [5.74, 6) is 0. The van der Waals surface area contributed by atoms with E-state index in [9.17, 15) is 13.2 Å². The zero-order chi connectivity index (χ0) is 17.0. The highest BCUT2D eigenvalue weighted by Gasteiger charge is 2.33. The molecule has 0 aliphatic carbocycles. The molecule has 0 unspecified atom stereocenters. The van der Waals surface area contributed by atoms with Crippen molar-refractivity contribution in [2.24, 2.45) is 0 Å². The van der Waals surface area contributed by atoms with Crippen molar-refractivity contribution in [3.05, 3.63) is 63.6 Å². The first-order valence-corrected chi connectivity index (χ1v) is 7.58. The minimum Gasteiger partial charge on any atom is -0.358 e. The van der Waals surface area contributed by atoms with Gasteiger partial charge in [-0.05, 0) is 48.1 Å². The topological polar surface area (TPSA) is 24.1 Å². The number of hydrogen-bond acceptors (Lipinski definition) is 1. The fourth-order valence-corrected chi connectivity index (χ4v) is 2.32. The van der Waals surface area contributed by atoms with E-state index in [1.807, 2.05) is 12.1 Å². The van der Waals surface area contributed by atoms with E-state index in [2.05, 4.69) is 10.6 Å². The molecule has 0 aliphatic heterocycles. The zero-order valence-electron chi connectivity index (χ0n) is 11.5. The van der Waals surface area contributed by atoms with Crippen LogP contribution in [0.1, 0.15) is 11.1 Å². The van der Waals surface area contributed by atoms with Crippen molar-refractivity contribution in [2.45, 2.75) is 12.7 Å². The predicted molar refractivity (Wildman–Crippen MR) is 91.0 cm³/mol. The average molecular weight is 379 g/mol. The van der Waals surface area contributed by atoms with Gasteiger partial charge in [-0.2, -0.15) is 13.2 Å². The van der Waals surface area contributed by atoms with Crippen molar-refractivity contribution in [2.75, 3.05) is 5.32 Å². The number of rotatable bonds is 3. The summed E-state index contributed by atoms with van der Waals surface area (Å²) in [6.07, 6.45) is -4.52. The second-order valence-corrected chi connectivity index (χ2v) is 5.88. The standard InChI is InChI=1S/C15H11Cl2F3N2S/c16-10-3-1-9(2-4-10)8-21-14(23)22-11-5-6-13(17)12(7-11)15(18,19)20/h1-7H,8H2,(H2,21,22,23). The highest BCUT2D eigenvalue weighted by molar-refractivity contribution is 7.80. The Kier molecular flexibility index (Phi) is 5.73. The molecule has 0 heterocycles. The summed E-state index contributed by atoms with van der Waals surface area (Å²) in [4.78, 5) is 0. The van der Waals surface area contributed by atoms with E-state index in [4.69, 9.17) is 35.4 Å². The number of nitrogens with one attached hydrogen (secondary N) is 2. The van der Waals surface area contributed by atoms with Gasteiger partial charge in [-0.25, -0.2) is 0 Å². The lowest BCUT2D eigenvalue weighted by atomic mass is 10.2. The molecule has 2 aromatic carbocycles. The lowest BCUT2D eigenvalue weighted by Crippen LogP contribution is -2.28. The summed E-state index contributed by atoms with van der Waals surface area (Å²) in [7, 11) is 0. The van der Waals surface area contributed by atoms with Crippen LogP contribution in [0.4, 0.5) is 18.9 Å². The Balaban J connectivity index is 1.99. The smallest absolute Gasteiger partial charge is 0.358 e. The van der Waals surface area contributed by atoms with E-state index in [-0.39, 0.29) is 15.8 Å². The van der Waals surface area contributed by atoms with Crippen molar-refractivity contribution >= 4 is 46.2 Å². The molecule has 0 amide bonds. The van der Waals surface area contributed by atoms with Crippen LogP contribution < -0.4 is 10.6 Å². The highest BCUT2D eigenvalue weighted by Crippen LogP contribution is 2.36. The summed E-state index contributed by atoms with van der Waals surface area (Å²) < 4.78 is 38.4. The van der Waals surface area contributed by atoms with Gasteiger partial charge >= 0.3 is 6.18 Å². The summed E-state index contributed by atoms with van der Waals surface area (Å²) in [6, 6.07) is 10.6. The molecule has 23 heavy (non-hydrogen) atoms. The number of alkyl halides is 3. The summed E-state index contributed by atoms with van der Waals surface area (Å²) in [5, 5.41) is 6.07. The summed E-state index contributed by atoms with van der Waals surface area (Å²) >= 11 is 16.4. The lowest BCUT2D eigenvalue weighted by molar-refractivity contribution is -0.137. The first-order chi connectivity index (χ1) is 10.8. The SMILES string of the molecule is FC(F)(F)c1cc(NC(=S)NCc2ccc(Cl)cc2)ccc1Cl. The fraction of sp³-hybridized carbons (Fsp3) is 0.133. The molecule has 2 rings (SSSR count). The van der Waals surface area contributed by atoms with Crippen LogP contribution in [0, 0.1) is 0 Å². The van der Waals surface area contributed by atoms with Crippen LogP contribution in [-0.4, -0.2) is 5.11 Å². The fourth-order valence-electron chi connectivity index (χ4n) is 1.78. The van der Waals surface area contributed by atoms with Gasteiger partial charge in [0.15, 0.2) is 5.11 Å². The molecule has 0 aliphatic rings. The van der Waals surface area contributed by atoms with Crippen LogP contribution in [0.5, 0.6) is 0 Å². The van der Waals surface area contributed by atoms with Gasteiger partial charge in [0.25, 0.3) is 0 Å². The Morgan fingerprint density at radius 2 is 1.70 bits per heavy atom. The molecular weight excluding hydrogens is 368 g/mol. The Hall–Kier alpha value is -1.50. The maximum Gasteiger partial charge on any atom is 0.417 e. The molecule has 2 aromatic rings. The molecule has 0 spiro atoms. The minimum absolute atomic E-state index is 0.204. The van der Waals surface area contributed by atoms with Crippen LogP contribution in [0.15, 0.2) is 42.5 Å². The van der Waals surface area contributed by atoms with Gasteiger partial charge in [-0.3, -0.25) is 0 Å². The third-order valence-electron chi connectivity index (χ3n) is 2.90. The Labute approximate surface area is 146 Å². The third kappa shape index (κ3) is 5.27. The average Bonchev–Trinajstić information content (AvgIpc) is 2.47.